The summed E-state index contributed by atoms with van der Waals surface area (Å²) in [4.78, 5) is 23.3. The van der Waals surface area contributed by atoms with Gasteiger partial charge in [-0.3, -0.25) is 4.79 Å². The van der Waals surface area contributed by atoms with Crippen LogP contribution in [0.5, 0.6) is 11.5 Å². The van der Waals surface area contributed by atoms with Crippen LogP contribution in [-0.2, 0) is 11.2 Å². The molecule has 1 atom stereocenters. The van der Waals surface area contributed by atoms with Crippen LogP contribution in [0.3, 0.4) is 0 Å². The van der Waals surface area contributed by atoms with Crippen LogP contribution in [0.15, 0.2) is 21.3 Å². The number of hydrogen-bond donors (Lipinski definition) is 0. The summed E-state index contributed by atoms with van der Waals surface area (Å²) in [5.74, 6) is 0.375. The number of alkyl halides is 2. The Morgan fingerprint density at radius 2 is 2.04 bits per heavy atom. The molecule has 0 saturated heterocycles. The van der Waals surface area contributed by atoms with Crippen LogP contribution in [0.4, 0.5) is 0 Å². The Bertz CT molecular complexity index is 797. The topological polar surface area (TPSA) is 65.7 Å². The molecule has 0 bridgehead atoms. The van der Waals surface area contributed by atoms with Gasteiger partial charge in [-0.2, -0.15) is 0 Å². The zero-order valence-corrected chi connectivity index (χ0v) is 16.1. The molecule has 0 aliphatic rings. The first-order chi connectivity index (χ1) is 10.9. The lowest BCUT2D eigenvalue weighted by Gasteiger charge is -2.16. The molecule has 0 fully saturated rings. The second kappa shape index (κ2) is 7.49. The number of aryl methyl sites for hydroxylation is 1. The van der Waals surface area contributed by atoms with Crippen molar-refractivity contribution in [2.45, 2.75) is 25.1 Å². The number of benzene rings is 1. The summed E-state index contributed by atoms with van der Waals surface area (Å²) in [5, 5.41) is 1.39. The lowest BCUT2D eigenvalue weighted by Crippen LogP contribution is -2.11. The minimum absolute atomic E-state index is 0.0826. The predicted octanol–water partition coefficient (Wildman–Crippen LogP) is 3.74. The maximum absolute atomic E-state index is 11.8. The molecule has 0 saturated carbocycles. The normalized spacial score (nSPS) is 12.2. The van der Waals surface area contributed by atoms with Crippen molar-refractivity contribution in [3.05, 3.63) is 33.7 Å². The Balaban J connectivity index is 2.84. The molecule has 0 N–H and O–H groups in total. The first-order valence-electron chi connectivity index (χ1n) is 6.90. The Morgan fingerprint density at radius 3 is 2.61 bits per heavy atom. The van der Waals surface area contributed by atoms with Crippen molar-refractivity contribution in [1.29, 1.82) is 0 Å². The van der Waals surface area contributed by atoms with Gasteiger partial charge in [0.25, 0.3) is 0 Å². The molecule has 1 aromatic heterocycles. The van der Waals surface area contributed by atoms with E-state index in [-0.39, 0.29) is 4.83 Å². The Kier molecular flexibility index (Phi) is 5.86. The van der Waals surface area contributed by atoms with E-state index in [2.05, 4.69) is 31.9 Å². The highest BCUT2D eigenvalue weighted by atomic mass is 79.9. The van der Waals surface area contributed by atoms with E-state index in [0.717, 1.165) is 5.56 Å². The van der Waals surface area contributed by atoms with Gasteiger partial charge in [-0.05, 0) is 18.9 Å². The molecular formula is C16H16Br2O5. The summed E-state index contributed by atoms with van der Waals surface area (Å²) in [7, 11) is 1.52. The lowest BCUT2D eigenvalue weighted by molar-refractivity contribution is -0.131. The van der Waals surface area contributed by atoms with Crippen LogP contribution in [0.1, 0.15) is 18.1 Å². The van der Waals surface area contributed by atoms with Crippen molar-refractivity contribution in [2.75, 3.05) is 12.4 Å². The predicted molar refractivity (Wildman–Crippen MR) is 95.3 cm³/mol. The van der Waals surface area contributed by atoms with E-state index in [1.54, 1.807) is 6.07 Å². The molecule has 1 heterocycles. The minimum atomic E-state index is -0.455. The summed E-state index contributed by atoms with van der Waals surface area (Å²) in [6, 6.07) is 3.07. The first-order valence-corrected chi connectivity index (χ1v) is 8.93. The van der Waals surface area contributed by atoms with E-state index in [1.165, 1.54) is 20.1 Å². The minimum Gasteiger partial charge on any atom is -0.496 e. The Labute approximate surface area is 150 Å². The number of ether oxygens (including phenoxy) is 2. The second-order valence-electron chi connectivity index (χ2n) is 5.06. The molecule has 0 amide bonds. The largest absolute Gasteiger partial charge is 0.496 e. The van der Waals surface area contributed by atoms with Crippen molar-refractivity contribution < 1.29 is 18.7 Å². The van der Waals surface area contributed by atoms with Crippen LogP contribution in [0, 0.1) is 6.92 Å². The number of fused-ring (bicyclic) bond motifs is 1. The average Bonchev–Trinajstić information content (AvgIpc) is 2.48. The Hall–Kier alpha value is -1.34. The molecule has 0 aliphatic carbocycles. The van der Waals surface area contributed by atoms with Gasteiger partial charge in [-0.15, -0.1) is 0 Å². The lowest BCUT2D eigenvalue weighted by atomic mass is 10.0. The molecule has 0 aliphatic heterocycles. The van der Waals surface area contributed by atoms with Crippen molar-refractivity contribution >= 4 is 48.8 Å². The van der Waals surface area contributed by atoms with Crippen molar-refractivity contribution in [3.8, 4) is 11.5 Å². The molecule has 2 rings (SSSR count). The van der Waals surface area contributed by atoms with Gasteiger partial charge in [0.1, 0.15) is 17.1 Å². The van der Waals surface area contributed by atoms with Gasteiger partial charge in [-0.25, -0.2) is 4.79 Å². The van der Waals surface area contributed by atoms with Gasteiger partial charge in [0, 0.05) is 34.8 Å². The summed E-state index contributed by atoms with van der Waals surface area (Å²) in [5.41, 5.74) is 1.33. The fourth-order valence-corrected chi connectivity index (χ4v) is 2.95. The van der Waals surface area contributed by atoms with Gasteiger partial charge < -0.3 is 13.9 Å². The standard InChI is InChI=1S/C16H16Br2O5/c1-8-4-14(20)23-16-11(5-10(18)7-17)12(22-9(2)19)6-13(21-3)15(8)16/h4,6,10H,5,7H2,1-3H3. The average molecular weight is 448 g/mol. The number of esters is 1. The Morgan fingerprint density at radius 1 is 1.35 bits per heavy atom. The summed E-state index contributed by atoms with van der Waals surface area (Å²) in [6.45, 7) is 3.14. The van der Waals surface area contributed by atoms with E-state index in [9.17, 15) is 9.59 Å². The van der Waals surface area contributed by atoms with Gasteiger partial charge >= 0.3 is 11.6 Å². The maximum atomic E-state index is 11.8. The molecule has 23 heavy (non-hydrogen) atoms. The van der Waals surface area contributed by atoms with E-state index in [4.69, 9.17) is 13.9 Å². The van der Waals surface area contributed by atoms with Crippen molar-refractivity contribution in [3.63, 3.8) is 0 Å². The summed E-state index contributed by atoms with van der Waals surface area (Å²) in [6.07, 6.45) is 0.515. The molecule has 124 valence electrons. The van der Waals surface area contributed by atoms with Crippen LogP contribution >= 0.6 is 31.9 Å². The molecule has 1 unspecified atom stereocenters. The zero-order chi connectivity index (χ0) is 17.1. The highest BCUT2D eigenvalue weighted by Crippen LogP contribution is 2.38. The monoisotopic (exact) mass is 446 g/mol. The number of methoxy groups -OCH3 is 1. The van der Waals surface area contributed by atoms with Crippen LogP contribution in [-0.4, -0.2) is 23.2 Å². The highest BCUT2D eigenvalue weighted by molar-refractivity contribution is 9.12. The third-order valence-electron chi connectivity index (χ3n) is 3.31. The number of carbonyl (C=O) groups is 1. The fraction of sp³-hybridized carbons (Fsp3) is 0.375. The first kappa shape index (κ1) is 18.0. The van der Waals surface area contributed by atoms with E-state index < -0.39 is 11.6 Å². The summed E-state index contributed by atoms with van der Waals surface area (Å²) < 4.78 is 16.1. The molecule has 5 nitrogen and oxygen atoms in total. The van der Waals surface area contributed by atoms with Gasteiger partial charge in [0.15, 0.2) is 0 Å². The smallest absolute Gasteiger partial charge is 0.336 e. The zero-order valence-electron chi connectivity index (χ0n) is 12.9. The van der Waals surface area contributed by atoms with Gasteiger partial charge in [0.05, 0.1) is 12.5 Å². The van der Waals surface area contributed by atoms with Crippen molar-refractivity contribution in [1.82, 2.24) is 0 Å². The van der Waals surface area contributed by atoms with Crippen LogP contribution in [0.25, 0.3) is 11.0 Å². The van der Waals surface area contributed by atoms with Gasteiger partial charge in [-0.1, -0.05) is 31.9 Å². The quantitative estimate of drug-likeness (QED) is 0.302. The second-order valence-corrected chi connectivity index (χ2v) is 7.00. The van der Waals surface area contributed by atoms with E-state index in [1.807, 2.05) is 6.92 Å². The molecule has 0 radical (unpaired) electrons. The van der Waals surface area contributed by atoms with Gasteiger partial charge in [0.2, 0.25) is 0 Å². The third-order valence-corrected chi connectivity index (χ3v) is 5.60. The summed E-state index contributed by atoms with van der Waals surface area (Å²) >= 11 is 6.93. The molecule has 2 aromatic rings. The molecule has 1 aromatic carbocycles. The van der Waals surface area contributed by atoms with Crippen LogP contribution in [0.2, 0.25) is 0 Å². The SMILES string of the molecule is COc1cc(OC(C)=O)c(CC(Br)CBr)c2oc(=O)cc(C)c12. The van der Waals surface area contributed by atoms with E-state index in [0.29, 0.717) is 39.8 Å². The van der Waals surface area contributed by atoms with Crippen LogP contribution < -0.4 is 15.1 Å². The molecular weight excluding hydrogens is 432 g/mol. The number of rotatable bonds is 5. The maximum Gasteiger partial charge on any atom is 0.336 e. The number of carbonyl (C=O) groups excluding carboxylic acids is 1. The molecule has 7 heteroatoms. The van der Waals surface area contributed by atoms with Crippen molar-refractivity contribution in [2.24, 2.45) is 0 Å². The fourth-order valence-electron chi connectivity index (χ4n) is 2.39. The third kappa shape index (κ3) is 3.95. The number of hydrogen-bond acceptors (Lipinski definition) is 5. The number of halogens is 2. The highest BCUT2D eigenvalue weighted by Gasteiger charge is 2.21. The van der Waals surface area contributed by atoms with E-state index >= 15 is 0 Å². The molecule has 0 spiro atoms.